The van der Waals surface area contributed by atoms with E-state index in [1.807, 2.05) is 29.6 Å². The van der Waals surface area contributed by atoms with E-state index >= 15 is 0 Å². The number of furan rings is 1. The predicted molar refractivity (Wildman–Crippen MR) is 271 cm³/mol. The van der Waals surface area contributed by atoms with Crippen molar-refractivity contribution in [3.8, 4) is 22.3 Å². The third-order valence-corrected chi connectivity index (χ3v) is 17.1. The lowest BCUT2D eigenvalue weighted by atomic mass is 9.67. The lowest BCUT2D eigenvalue weighted by Crippen LogP contribution is -2.32. The summed E-state index contributed by atoms with van der Waals surface area (Å²) >= 11 is 3.77. The van der Waals surface area contributed by atoms with Crippen LogP contribution in [0, 0.1) is 0 Å². The lowest BCUT2D eigenvalue weighted by molar-refractivity contribution is 0.669. The standard InChI is InChI=1S/C62H37NOS2/c1-4-18-47-41(15-1)45-35-38(30-33-49(45)61(47)51-20-6-11-25-57(51)65-58-26-12-7-21-52(58)61)63(40-29-32-44-43-17-3-10-24-55(43)64-56(44)37-40)39-31-34-50-46(36-39)42-16-2-5-19-48(42)62(50)53-22-8-13-27-59(53)66-60-28-14-9-23-54(60)62/h1-37H. The fourth-order valence-electron chi connectivity index (χ4n) is 12.3. The van der Waals surface area contributed by atoms with Crippen molar-refractivity contribution in [2.24, 2.45) is 0 Å². The van der Waals surface area contributed by atoms with Crippen LogP contribution in [0.15, 0.2) is 248 Å². The molecule has 0 N–H and O–H groups in total. The number of hydrogen-bond acceptors (Lipinski definition) is 4. The second-order valence-corrected chi connectivity index (χ2v) is 20.0. The van der Waals surface area contributed by atoms with Crippen molar-refractivity contribution in [1.29, 1.82) is 0 Å². The Morgan fingerprint density at radius 3 is 1.15 bits per heavy atom. The molecule has 2 aliphatic heterocycles. The van der Waals surface area contributed by atoms with Crippen LogP contribution in [0.3, 0.4) is 0 Å². The first-order valence-corrected chi connectivity index (χ1v) is 24.3. The van der Waals surface area contributed by atoms with Crippen molar-refractivity contribution in [1.82, 2.24) is 0 Å². The number of rotatable bonds is 3. The van der Waals surface area contributed by atoms with Crippen LogP contribution >= 0.6 is 23.5 Å². The predicted octanol–water partition coefficient (Wildman–Crippen LogP) is 16.7. The normalized spacial score (nSPS) is 14.8. The SMILES string of the molecule is c1ccc2c(c1)Sc1ccccc1C21c2ccccc2-c2cc(N(c3ccc4c(c3)-c3ccccc3C43c4ccccc4Sc4ccccc43)c3ccc4c(c3)oc3ccccc34)ccc21. The quantitative estimate of drug-likeness (QED) is 0.176. The summed E-state index contributed by atoms with van der Waals surface area (Å²) in [6.07, 6.45) is 0. The van der Waals surface area contributed by atoms with Crippen molar-refractivity contribution in [3.05, 3.63) is 269 Å². The van der Waals surface area contributed by atoms with Crippen LogP contribution in [0.25, 0.3) is 44.2 Å². The number of fused-ring (bicyclic) bond motifs is 21. The molecule has 15 rings (SSSR count). The van der Waals surface area contributed by atoms with Gasteiger partial charge in [0.25, 0.3) is 0 Å². The Bertz CT molecular complexity index is 3590. The fourth-order valence-corrected chi connectivity index (χ4v) is 14.7. The van der Waals surface area contributed by atoms with Crippen molar-refractivity contribution in [3.63, 3.8) is 0 Å². The van der Waals surface area contributed by atoms with E-state index in [-0.39, 0.29) is 0 Å². The molecule has 2 aliphatic carbocycles. The Hall–Kier alpha value is -7.50. The molecule has 1 aromatic heterocycles. The van der Waals surface area contributed by atoms with Gasteiger partial charge in [-0.25, -0.2) is 0 Å². The molecule has 3 heterocycles. The molecule has 0 atom stereocenters. The van der Waals surface area contributed by atoms with Gasteiger partial charge in [0, 0.05) is 53.5 Å². The highest BCUT2D eigenvalue weighted by atomic mass is 32.2. The van der Waals surface area contributed by atoms with E-state index in [2.05, 4.69) is 223 Å². The molecular formula is C62H37NOS2. The van der Waals surface area contributed by atoms with E-state index in [9.17, 15) is 0 Å². The van der Waals surface area contributed by atoms with Gasteiger partial charge in [-0.05, 0) is 133 Å². The van der Waals surface area contributed by atoms with E-state index in [0.717, 1.165) is 39.0 Å². The maximum atomic E-state index is 6.61. The molecule has 0 amide bonds. The third-order valence-electron chi connectivity index (χ3n) is 14.8. The van der Waals surface area contributed by atoms with Crippen LogP contribution in [0.5, 0.6) is 0 Å². The van der Waals surface area contributed by atoms with Crippen molar-refractivity contribution >= 4 is 62.5 Å². The average molecular weight is 876 g/mol. The zero-order valence-corrected chi connectivity index (χ0v) is 37.2. The summed E-state index contributed by atoms with van der Waals surface area (Å²) in [6, 6.07) is 83.9. The Labute approximate surface area is 391 Å². The Balaban J connectivity index is 0.989. The summed E-state index contributed by atoms with van der Waals surface area (Å²) in [4.78, 5) is 7.68. The van der Waals surface area contributed by atoms with E-state index < -0.39 is 10.8 Å². The maximum absolute atomic E-state index is 6.61. The molecule has 10 aromatic carbocycles. The Morgan fingerprint density at radius 2 is 0.652 bits per heavy atom. The number of para-hydroxylation sites is 1. The van der Waals surface area contributed by atoms with Gasteiger partial charge in [-0.2, -0.15) is 0 Å². The zero-order valence-electron chi connectivity index (χ0n) is 35.5. The highest BCUT2D eigenvalue weighted by molar-refractivity contribution is 7.99. The lowest BCUT2D eigenvalue weighted by Gasteiger charge is -2.40. The molecule has 0 bridgehead atoms. The van der Waals surface area contributed by atoms with E-state index in [1.54, 1.807) is 0 Å². The molecule has 4 heteroatoms. The van der Waals surface area contributed by atoms with Crippen LogP contribution < -0.4 is 4.90 Å². The Morgan fingerprint density at radius 1 is 0.288 bits per heavy atom. The molecule has 0 fully saturated rings. The van der Waals surface area contributed by atoms with Crippen LogP contribution in [0.2, 0.25) is 0 Å². The van der Waals surface area contributed by atoms with Crippen molar-refractivity contribution in [2.75, 3.05) is 4.90 Å². The highest BCUT2D eigenvalue weighted by Crippen LogP contribution is 2.65. The molecule has 66 heavy (non-hydrogen) atoms. The van der Waals surface area contributed by atoms with Gasteiger partial charge in [0.15, 0.2) is 0 Å². The first-order chi connectivity index (χ1) is 32.7. The van der Waals surface area contributed by atoms with Gasteiger partial charge in [0.2, 0.25) is 0 Å². The number of anilines is 3. The average Bonchev–Trinajstić information content (AvgIpc) is 3.99. The maximum Gasteiger partial charge on any atom is 0.137 e. The minimum Gasteiger partial charge on any atom is -0.456 e. The number of benzene rings is 10. The zero-order chi connectivity index (χ0) is 43.1. The topological polar surface area (TPSA) is 16.4 Å². The second-order valence-electron chi connectivity index (χ2n) is 17.9. The first kappa shape index (κ1) is 36.8. The third kappa shape index (κ3) is 4.70. The van der Waals surface area contributed by atoms with Gasteiger partial charge in [-0.1, -0.05) is 175 Å². The summed E-state index contributed by atoms with van der Waals surface area (Å²) in [5.41, 5.74) is 19.8. The minimum atomic E-state index is -0.447. The van der Waals surface area contributed by atoms with Crippen molar-refractivity contribution < 1.29 is 4.42 Å². The number of nitrogens with zero attached hydrogens (tertiary/aromatic N) is 1. The molecular weight excluding hydrogens is 839 g/mol. The highest BCUT2D eigenvalue weighted by Gasteiger charge is 2.52. The summed E-state index contributed by atoms with van der Waals surface area (Å²) < 4.78 is 6.61. The van der Waals surface area contributed by atoms with Gasteiger partial charge in [-0.3, -0.25) is 0 Å². The number of hydrogen-bond donors (Lipinski definition) is 0. The van der Waals surface area contributed by atoms with Gasteiger partial charge >= 0.3 is 0 Å². The molecule has 4 aliphatic rings. The molecule has 2 nitrogen and oxygen atoms in total. The summed E-state index contributed by atoms with van der Waals surface area (Å²) in [5.74, 6) is 0. The van der Waals surface area contributed by atoms with Gasteiger partial charge in [0.1, 0.15) is 11.2 Å². The van der Waals surface area contributed by atoms with E-state index in [0.29, 0.717) is 0 Å². The van der Waals surface area contributed by atoms with Crippen LogP contribution in [-0.2, 0) is 10.8 Å². The molecule has 0 saturated carbocycles. The van der Waals surface area contributed by atoms with Crippen LogP contribution in [-0.4, -0.2) is 0 Å². The molecule has 0 radical (unpaired) electrons. The van der Waals surface area contributed by atoms with Crippen LogP contribution in [0.4, 0.5) is 17.1 Å². The molecule has 308 valence electrons. The minimum absolute atomic E-state index is 0.447. The van der Waals surface area contributed by atoms with E-state index in [1.165, 1.54) is 86.3 Å². The first-order valence-electron chi connectivity index (χ1n) is 22.7. The second kappa shape index (κ2) is 13.5. The molecule has 11 aromatic rings. The van der Waals surface area contributed by atoms with Gasteiger partial charge < -0.3 is 9.32 Å². The summed E-state index contributed by atoms with van der Waals surface area (Å²) in [5, 5.41) is 2.24. The summed E-state index contributed by atoms with van der Waals surface area (Å²) in [6.45, 7) is 0. The van der Waals surface area contributed by atoms with Gasteiger partial charge in [-0.15, -0.1) is 0 Å². The van der Waals surface area contributed by atoms with Gasteiger partial charge in [0.05, 0.1) is 10.8 Å². The van der Waals surface area contributed by atoms with Crippen molar-refractivity contribution in [2.45, 2.75) is 30.4 Å². The smallest absolute Gasteiger partial charge is 0.137 e. The molecule has 0 unspecified atom stereocenters. The largest absolute Gasteiger partial charge is 0.456 e. The fraction of sp³-hybridized carbons (Fsp3) is 0.0323. The molecule has 2 spiro atoms. The van der Waals surface area contributed by atoms with Crippen LogP contribution in [0.1, 0.15) is 44.5 Å². The summed E-state index contributed by atoms with van der Waals surface area (Å²) in [7, 11) is 0. The molecule has 0 saturated heterocycles. The monoisotopic (exact) mass is 875 g/mol. The Kier molecular flexibility index (Phi) is 7.54. The van der Waals surface area contributed by atoms with E-state index in [4.69, 9.17) is 4.42 Å².